The molecule has 0 aliphatic rings. The molecule has 0 fully saturated rings. The number of hydrogen-bond acceptors (Lipinski definition) is 4. The largest absolute Gasteiger partial charge is 0.493 e. The van der Waals surface area contributed by atoms with Crippen LogP contribution in [0.5, 0.6) is 11.5 Å². The molecular weight excluding hydrogens is 320 g/mol. The molecule has 0 atom stereocenters. The molecule has 0 bridgehead atoms. The number of rotatable bonds is 6. The lowest BCUT2D eigenvalue weighted by Gasteiger charge is -2.10. The lowest BCUT2D eigenvalue weighted by atomic mass is 10.1. The number of hydrogen-bond donors (Lipinski definition) is 2. The summed E-state index contributed by atoms with van der Waals surface area (Å²) in [5.74, 6) is 0.725. The van der Waals surface area contributed by atoms with Gasteiger partial charge in [-0.1, -0.05) is 30.3 Å². The average Bonchev–Trinajstić information content (AvgIpc) is 2.64. The molecule has 0 radical (unpaired) electrons. The van der Waals surface area contributed by atoms with E-state index in [1.54, 1.807) is 24.3 Å². The standard InChI is InChI=1S/C19H18N2O4/c1-24-16-8-4-5-9-17(16)25-12-18(22)20-11-14-10-13-6-2-3-7-15(13)21-19(14)23/h2-10H,11-12H2,1H3,(H,20,22)(H,21,23). The number of para-hydroxylation sites is 3. The first-order valence-electron chi connectivity index (χ1n) is 7.81. The molecule has 3 rings (SSSR count). The molecule has 0 saturated heterocycles. The molecule has 0 spiro atoms. The van der Waals surface area contributed by atoms with Crippen molar-refractivity contribution in [3.8, 4) is 11.5 Å². The van der Waals surface area contributed by atoms with Crippen molar-refractivity contribution in [2.75, 3.05) is 13.7 Å². The summed E-state index contributed by atoms with van der Waals surface area (Å²) < 4.78 is 10.6. The molecule has 2 aromatic carbocycles. The summed E-state index contributed by atoms with van der Waals surface area (Å²) in [6.07, 6.45) is 0. The molecule has 1 heterocycles. The minimum Gasteiger partial charge on any atom is -0.493 e. The first-order valence-corrected chi connectivity index (χ1v) is 7.81. The van der Waals surface area contributed by atoms with Gasteiger partial charge in [-0.05, 0) is 29.7 Å². The van der Waals surface area contributed by atoms with Crippen LogP contribution in [0.4, 0.5) is 0 Å². The highest BCUT2D eigenvalue weighted by Gasteiger charge is 2.08. The summed E-state index contributed by atoms with van der Waals surface area (Å²) in [6, 6.07) is 16.3. The second-order valence-corrected chi connectivity index (χ2v) is 5.43. The second kappa shape index (κ2) is 7.53. The number of H-pyrrole nitrogens is 1. The Hall–Kier alpha value is -3.28. The van der Waals surface area contributed by atoms with Crippen LogP contribution in [0, 0.1) is 0 Å². The normalized spacial score (nSPS) is 10.4. The molecule has 6 heteroatoms. The first-order chi connectivity index (χ1) is 12.2. The highest BCUT2D eigenvalue weighted by Crippen LogP contribution is 2.25. The maximum Gasteiger partial charge on any atom is 0.258 e. The maximum atomic E-state index is 12.1. The molecule has 1 amide bonds. The van der Waals surface area contributed by atoms with E-state index in [9.17, 15) is 9.59 Å². The fraction of sp³-hybridized carbons (Fsp3) is 0.158. The second-order valence-electron chi connectivity index (χ2n) is 5.43. The third-order valence-electron chi connectivity index (χ3n) is 3.73. The Morgan fingerprint density at radius 1 is 1.08 bits per heavy atom. The number of aromatic amines is 1. The van der Waals surface area contributed by atoms with Gasteiger partial charge < -0.3 is 19.8 Å². The van der Waals surface area contributed by atoms with Crippen LogP contribution in [0.15, 0.2) is 59.4 Å². The number of pyridine rings is 1. The summed E-state index contributed by atoms with van der Waals surface area (Å²) in [5, 5.41) is 3.60. The van der Waals surface area contributed by atoms with Crippen molar-refractivity contribution in [1.29, 1.82) is 0 Å². The molecule has 0 unspecified atom stereocenters. The molecule has 1 aromatic heterocycles. The molecule has 6 nitrogen and oxygen atoms in total. The van der Waals surface area contributed by atoms with Gasteiger partial charge in [-0.25, -0.2) is 0 Å². The van der Waals surface area contributed by atoms with Crippen LogP contribution >= 0.6 is 0 Å². The number of amides is 1. The van der Waals surface area contributed by atoms with Crippen LogP contribution in [-0.2, 0) is 11.3 Å². The molecule has 0 aliphatic carbocycles. The van der Waals surface area contributed by atoms with E-state index in [1.165, 1.54) is 7.11 Å². The minimum absolute atomic E-state index is 0.133. The zero-order valence-electron chi connectivity index (χ0n) is 13.7. The van der Waals surface area contributed by atoms with Crippen molar-refractivity contribution in [3.05, 3.63) is 70.5 Å². The summed E-state index contributed by atoms with van der Waals surface area (Å²) >= 11 is 0. The predicted molar refractivity (Wildman–Crippen MR) is 94.9 cm³/mol. The van der Waals surface area contributed by atoms with E-state index in [-0.39, 0.29) is 24.6 Å². The predicted octanol–water partition coefficient (Wildman–Crippen LogP) is 2.23. The molecule has 0 aliphatic heterocycles. The Morgan fingerprint density at radius 3 is 2.60 bits per heavy atom. The first kappa shape index (κ1) is 16.6. The maximum absolute atomic E-state index is 12.1. The number of carbonyl (C=O) groups excluding carboxylic acids is 1. The van der Waals surface area contributed by atoms with Gasteiger partial charge in [0, 0.05) is 17.6 Å². The van der Waals surface area contributed by atoms with Crippen LogP contribution in [-0.4, -0.2) is 24.6 Å². The van der Waals surface area contributed by atoms with Gasteiger partial charge in [0.1, 0.15) is 0 Å². The minimum atomic E-state index is -0.321. The van der Waals surface area contributed by atoms with Gasteiger partial charge in [0.15, 0.2) is 18.1 Å². The third kappa shape index (κ3) is 3.98. The topological polar surface area (TPSA) is 80.4 Å². The third-order valence-corrected chi connectivity index (χ3v) is 3.73. The highest BCUT2D eigenvalue weighted by atomic mass is 16.5. The van der Waals surface area contributed by atoms with E-state index in [1.807, 2.05) is 30.3 Å². The number of benzene rings is 2. The lowest BCUT2D eigenvalue weighted by Crippen LogP contribution is -2.30. The van der Waals surface area contributed by atoms with Crippen LogP contribution in [0.1, 0.15) is 5.56 Å². The smallest absolute Gasteiger partial charge is 0.258 e. The van der Waals surface area contributed by atoms with E-state index in [0.29, 0.717) is 17.1 Å². The van der Waals surface area contributed by atoms with E-state index >= 15 is 0 Å². The number of carbonyl (C=O) groups is 1. The molecule has 3 aromatic rings. The van der Waals surface area contributed by atoms with Gasteiger partial charge >= 0.3 is 0 Å². The van der Waals surface area contributed by atoms with Crippen LogP contribution in [0.2, 0.25) is 0 Å². The Morgan fingerprint density at radius 2 is 1.80 bits per heavy atom. The molecule has 25 heavy (non-hydrogen) atoms. The number of methoxy groups -OCH3 is 1. The Bertz CT molecular complexity index is 949. The monoisotopic (exact) mass is 338 g/mol. The summed E-state index contributed by atoms with van der Waals surface area (Å²) in [6.45, 7) is -0.0276. The summed E-state index contributed by atoms with van der Waals surface area (Å²) in [7, 11) is 1.54. The highest BCUT2D eigenvalue weighted by molar-refractivity contribution is 5.79. The average molecular weight is 338 g/mol. The van der Waals surface area contributed by atoms with Crippen LogP contribution in [0.25, 0.3) is 10.9 Å². The molecular formula is C19H18N2O4. The zero-order valence-corrected chi connectivity index (χ0v) is 13.7. The lowest BCUT2D eigenvalue weighted by molar-refractivity contribution is -0.123. The van der Waals surface area contributed by atoms with Crippen LogP contribution < -0.4 is 20.3 Å². The summed E-state index contributed by atoms with van der Waals surface area (Å²) in [4.78, 5) is 26.8. The SMILES string of the molecule is COc1ccccc1OCC(=O)NCc1cc2ccccc2[nH]c1=O. The zero-order chi connectivity index (χ0) is 17.6. The number of aromatic nitrogens is 1. The van der Waals surface area contributed by atoms with E-state index in [0.717, 1.165) is 10.9 Å². The Balaban J connectivity index is 1.61. The van der Waals surface area contributed by atoms with Gasteiger partial charge in [-0.2, -0.15) is 0 Å². The van der Waals surface area contributed by atoms with Gasteiger partial charge in [0.05, 0.1) is 7.11 Å². The molecule has 2 N–H and O–H groups in total. The van der Waals surface area contributed by atoms with E-state index in [4.69, 9.17) is 9.47 Å². The fourth-order valence-electron chi connectivity index (χ4n) is 2.45. The van der Waals surface area contributed by atoms with E-state index in [2.05, 4.69) is 10.3 Å². The molecule has 0 saturated carbocycles. The van der Waals surface area contributed by atoms with Crippen molar-refractivity contribution in [3.63, 3.8) is 0 Å². The fourth-order valence-corrected chi connectivity index (χ4v) is 2.45. The van der Waals surface area contributed by atoms with Crippen molar-refractivity contribution in [2.24, 2.45) is 0 Å². The Kier molecular flexibility index (Phi) is 4.99. The Labute approximate surface area is 144 Å². The number of ether oxygens (including phenoxy) is 2. The van der Waals surface area contributed by atoms with Gasteiger partial charge in [0.2, 0.25) is 0 Å². The van der Waals surface area contributed by atoms with Gasteiger partial charge in [-0.3, -0.25) is 9.59 Å². The van der Waals surface area contributed by atoms with Crippen molar-refractivity contribution >= 4 is 16.8 Å². The van der Waals surface area contributed by atoms with Gasteiger partial charge in [-0.15, -0.1) is 0 Å². The molecule has 128 valence electrons. The van der Waals surface area contributed by atoms with E-state index < -0.39 is 0 Å². The number of nitrogens with one attached hydrogen (secondary N) is 2. The van der Waals surface area contributed by atoms with Crippen molar-refractivity contribution in [1.82, 2.24) is 10.3 Å². The quantitative estimate of drug-likeness (QED) is 0.722. The van der Waals surface area contributed by atoms with Gasteiger partial charge in [0.25, 0.3) is 11.5 Å². The summed E-state index contributed by atoms with van der Waals surface area (Å²) in [5.41, 5.74) is 1.04. The number of fused-ring (bicyclic) bond motifs is 1. The van der Waals surface area contributed by atoms with Crippen molar-refractivity contribution in [2.45, 2.75) is 6.54 Å². The van der Waals surface area contributed by atoms with Crippen LogP contribution in [0.3, 0.4) is 0 Å². The van der Waals surface area contributed by atoms with Crippen molar-refractivity contribution < 1.29 is 14.3 Å².